The number of nitrogens with one attached hydrogen (secondary N) is 3. The van der Waals surface area contributed by atoms with Gasteiger partial charge < -0.3 is 25.6 Å². The summed E-state index contributed by atoms with van der Waals surface area (Å²) in [6, 6.07) is 4.96. The molecule has 0 radical (unpaired) electrons. The van der Waals surface area contributed by atoms with Crippen LogP contribution >= 0.6 is 11.3 Å². The smallest absolute Gasteiger partial charge is 0.408 e. The van der Waals surface area contributed by atoms with Gasteiger partial charge in [-0.05, 0) is 70.9 Å². The second-order valence-electron chi connectivity index (χ2n) is 11.4. The van der Waals surface area contributed by atoms with E-state index in [1.54, 1.807) is 38.9 Å². The van der Waals surface area contributed by atoms with Crippen molar-refractivity contribution in [1.82, 2.24) is 25.5 Å². The third-order valence-corrected chi connectivity index (χ3v) is 7.32. The summed E-state index contributed by atoms with van der Waals surface area (Å²) in [5, 5.41) is 9.55. The molecule has 0 spiro atoms. The first-order chi connectivity index (χ1) is 18.4. The first kappa shape index (κ1) is 30.3. The van der Waals surface area contributed by atoms with Crippen molar-refractivity contribution >= 4 is 40.2 Å². The van der Waals surface area contributed by atoms with Crippen molar-refractivity contribution in [1.29, 1.82) is 0 Å². The molecule has 0 aromatic carbocycles. The van der Waals surface area contributed by atoms with E-state index < -0.39 is 23.7 Å². The van der Waals surface area contributed by atoms with Crippen LogP contribution in [0.15, 0.2) is 24.4 Å². The third-order valence-electron chi connectivity index (χ3n) is 6.49. The summed E-state index contributed by atoms with van der Waals surface area (Å²) in [6.07, 6.45) is 3.02. The summed E-state index contributed by atoms with van der Waals surface area (Å²) in [7, 11) is 1.63. The molecule has 1 fully saturated rings. The molecule has 1 saturated heterocycles. The quantitative estimate of drug-likeness (QED) is 0.411. The van der Waals surface area contributed by atoms with Gasteiger partial charge in [0.1, 0.15) is 17.5 Å². The molecule has 0 bridgehead atoms. The molecule has 0 saturated carbocycles. The fourth-order valence-electron chi connectivity index (χ4n) is 4.78. The minimum atomic E-state index is -0.662. The van der Waals surface area contributed by atoms with Crippen molar-refractivity contribution < 1.29 is 19.1 Å². The van der Waals surface area contributed by atoms with Crippen LogP contribution in [0, 0.1) is 18.8 Å². The molecular weight excluding hydrogens is 516 g/mol. The lowest BCUT2D eigenvalue weighted by molar-refractivity contribution is -0.135. The number of likely N-dealkylation sites (N-methyl/N-ethyl adjacent to an activating group) is 1. The maximum atomic E-state index is 13.4. The van der Waals surface area contributed by atoms with Crippen LogP contribution in [0.4, 0.5) is 15.7 Å². The number of rotatable bonds is 9. The van der Waals surface area contributed by atoms with Crippen LogP contribution in [0.5, 0.6) is 0 Å². The number of amides is 3. The maximum Gasteiger partial charge on any atom is 0.408 e. The van der Waals surface area contributed by atoms with Crippen molar-refractivity contribution in [3.8, 4) is 0 Å². The lowest BCUT2D eigenvalue weighted by Gasteiger charge is -2.37. The Hall–Kier alpha value is -3.21. The van der Waals surface area contributed by atoms with E-state index in [9.17, 15) is 14.4 Å². The summed E-state index contributed by atoms with van der Waals surface area (Å²) in [4.78, 5) is 50.9. The maximum absolute atomic E-state index is 13.4. The minimum Gasteiger partial charge on any atom is -0.444 e. The molecule has 214 valence electrons. The number of carbonyl (C=O) groups excluding carboxylic acids is 3. The number of thiazole rings is 1. The van der Waals surface area contributed by atoms with Gasteiger partial charge in [-0.25, -0.2) is 14.8 Å². The zero-order valence-corrected chi connectivity index (χ0v) is 24.9. The van der Waals surface area contributed by atoms with E-state index in [1.807, 2.05) is 39.0 Å². The SMILES string of the molecule is CNC(=O)C(c1cccc(Nc2ncc(C)s2)n1)C1CCN(C(=O)[C@H](CC(C)C)NC(=O)OC(C)(C)C)CC1. The molecule has 0 aliphatic carbocycles. The Balaban J connectivity index is 1.70. The van der Waals surface area contributed by atoms with Gasteiger partial charge >= 0.3 is 6.09 Å². The predicted octanol–water partition coefficient (Wildman–Crippen LogP) is 4.60. The molecular formula is C28H42N6O4S. The second kappa shape index (κ2) is 13.2. The number of hydrogen-bond acceptors (Lipinski definition) is 8. The first-order valence-corrected chi connectivity index (χ1v) is 14.3. The molecule has 11 heteroatoms. The zero-order valence-electron chi connectivity index (χ0n) is 24.0. The molecule has 1 unspecified atom stereocenters. The number of alkyl carbamates (subject to hydrolysis) is 1. The van der Waals surface area contributed by atoms with Gasteiger partial charge in [0.15, 0.2) is 5.13 Å². The van der Waals surface area contributed by atoms with Gasteiger partial charge in [0, 0.05) is 31.2 Å². The fourth-order valence-corrected chi connectivity index (χ4v) is 5.45. The first-order valence-electron chi connectivity index (χ1n) is 13.5. The number of ether oxygens (including phenoxy) is 1. The number of aryl methyl sites for hydroxylation is 1. The predicted molar refractivity (Wildman–Crippen MR) is 153 cm³/mol. The Bertz CT molecular complexity index is 1140. The zero-order chi connectivity index (χ0) is 28.7. The van der Waals surface area contributed by atoms with Crippen molar-refractivity contribution in [2.45, 2.75) is 78.4 Å². The van der Waals surface area contributed by atoms with Crippen LogP contribution in [-0.4, -0.2) is 64.6 Å². The van der Waals surface area contributed by atoms with Crippen LogP contribution in [0.3, 0.4) is 0 Å². The minimum absolute atomic E-state index is 0.0150. The van der Waals surface area contributed by atoms with Crippen LogP contribution in [0.25, 0.3) is 0 Å². The lowest BCUT2D eigenvalue weighted by atomic mass is 9.81. The van der Waals surface area contributed by atoms with Gasteiger partial charge in [0.2, 0.25) is 11.8 Å². The molecule has 1 aliphatic heterocycles. The second-order valence-corrected chi connectivity index (χ2v) is 12.7. The highest BCUT2D eigenvalue weighted by molar-refractivity contribution is 7.15. The van der Waals surface area contributed by atoms with Crippen LogP contribution in [0.1, 0.15) is 70.4 Å². The molecule has 2 atom stereocenters. The Kier molecular flexibility index (Phi) is 10.3. The molecule has 39 heavy (non-hydrogen) atoms. The molecule has 2 aromatic rings. The largest absolute Gasteiger partial charge is 0.444 e. The highest BCUT2D eigenvalue weighted by Crippen LogP contribution is 2.33. The van der Waals surface area contributed by atoms with Gasteiger partial charge in [-0.2, -0.15) is 0 Å². The van der Waals surface area contributed by atoms with E-state index in [-0.39, 0.29) is 23.7 Å². The highest BCUT2D eigenvalue weighted by Gasteiger charge is 2.36. The van der Waals surface area contributed by atoms with E-state index in [0.29, 0.717) is 43.9 Å². The van der Waals surface area contributed by atoms with E-state index in [4.69, 9.17) is 9.72 Å². The molecule has 2 aromatic heterocycles. The van der Waals surface area contributed by atoms with E-state index in [0.717, 1.165) is 10.0 Å². The summed E-state index contributed by atoms with van der Waals surface area (Å²) in [5.74, 6) is 0.198. The normalized spacial score (nSPS) is 15.9. The van der Waals surface area contributed by atoms with Gasteiger partial charge in [-0.15, -0.1) is 11.3 Å². The van der Waals surface area contributed by atoms with Gasteiger partial charge in [-0.1, -0.05) is 19.9 Å². The van der Waals surface area contributed by atoms with Gasteiger partial charge in [-0.3, -0.25) is 9.59 Å². The van der Waals surface area contributed by atoms with Crippen molar-refractivity contribution in [3.05, 3.63) is 35.0 Å². The molecule has 10 nitrogen and oxygen atoms in total. The number of piperidine rings is 1. The molecule has 3 amide bonds. The lowest BCUT2D eigenvalue weighted by Crippen LogP contribution is -2.52. The van der Waals surface area contributed by atoms with Crippen LogP contribution in [0.2, 0.25) is 0 Å². The number of anilines is 2. The average Bonchev–Trinajstić information content (AvgIpc) is 3.26. The number of hydrogen-bond donors (Lipinski definition) is 3. The highest BCUT2D eigenvalue weighted by atomic mass is 32.1. The van der Waals surface area contributed by atoms with E-state index in [2.05, 4.69) is 20.9 Å². The van der Waals surface area contributed by atoms with Crippen LogP contribution < -0.4 is 16.0 Å². The Labute approximate surface area is 235 Å². The topological polar surface area (TPSA) is 126 Å². The van der Waals surface area contributed by atoms with E-state index >= 15 is 0 Å². The summed E-state index contributed by atoms with van der Waals surface area (Å²) >= 11 is 1.54. The summed E-state index contributed by atoms with van der Waals surface area (Å²) in [6.45, 7) is 12.4. The Morgan fingerprint density at radius 3 is 2.44 bits per heavy atom. The number of pyridine rings is 1. The average molecular weight is 559 g/mol. The fraction of sp³-hybridized carbons (Fsp3) is 0.607. The third kappa shape index (κ3) is 8.91. The number of carbonyl (C=O) groups is 3. The molecule has 3 rings (SSSR count). The van der Waals surface area contributed by atoms with Gasteiger partial charge in [0.05, 0.1) is 11.6 Å². The molecule has 3 N–H and O–H groups in total. The summed E-state index contributed by atoms with van der Waals surface area (Å²) in [5.41, 5.74) is 0.0321. The molecule has 3 heterocycles. The van der Waals surface area contributed by atoms with Crippen LogP contribution in [-0.2, 0) is 14.3 Å². The standard InChI is InChI=1S/C28H42N6O4S/c1-17(2)15-21(32-27(37)38-28(4,5)6)25(36)34-13-11-19(12-14-34)23(24(35)29-7)20-9-8-10-22(31-20)33-26-30-16-18(3)39-26/h8-10,16-17,19,21,23H,11-15H2,1-7H3,(H,29,35)(H,32,37)(H,30,31,33)/t21-,23?/m0/s1. The Morgan fingerprint density at radius 2 is 1.87 bits per heavy atom. The number of likely N-dealkylation sites (tertiary alicyclic amines) is 1. The summed E-state index contributed by atoms with van der Waals surface area (Å²) < 4.78 is 5.39. The van der Waals surface area contributed by atoms with Gasteiger partial charge in [0.25, 0.3) is 0 Å². The number of aromatic nitrogens is 2. The van der Waals surface area contributed by atoms with E-state index in [1.165, 1.54) is 11.3 Å². The number of nitrogens with zero attached hydrogens (tertiary/aromatic N) is 3. The Morgan fingerprint density at radius 1 is 1.18 bits per heavy atom. The van der Waals surface area contributed by atoms with Crippen molar-refractivity contribution in [2.75, 3.05) is 25.5 Å². The molecule has 1 aliphatic rings. The van der Waals surface area contributed by atoms with Crippen molar-refractivity contribution in [3.63, 3.8) is 0 Å². The monoisotopic (exact) mass is 558 g/mol. The van der Waals surface area contributed by atoms with Crippen molar-refractivity contribution in [2.24, 2.45) is 11.8 Å².